The van der Waals surface area contributed by atoms with Crippen molar-refractivity contribution in [1.82, 2.24) is 4.57 Å². The van der Waals surface area contributed by atoms with Gasteiger partial charge in [0.05, 0.1) is 17.7 Å². The lowest BCUT2D eigenvalue weighted by Gasteiger charge is -2.20. The van der Waals surface area contributed by atoms with Gasteiger partial charge in [0, 0.05) is 11.7 Å². The molecule has 6 nitrogen and oxygen atoms in total. The summed E-state index contributed by atoms with van der Waals surface area (Å²) in [5.41, 5.74) is 0.828. The average Bonchev–Trinajstić information content (AvgIpc) is 3.23. The fourth-order valence-corrected chi connectivity index (χ4v) is 4.13. The zero-order chi connectivity index (χ0) is 26.5. The van der Waals surface area contributed by atoms with Crippen LogP contribution in [0.15, 0.2) is 54.6 Å². The average molecular weight is 503 g/mol. The lowest BCUT2D eigenvalue weighted by Crippen LogP contribution is -2.22. The molecule has 1 amide bonds. The summed E-state index contributed by atoms with van der Waals surface area (Å²) < 4.78 is 42.6. The molecule has 0 aliphatic heterocycles. The Balaban J connectivity index is 1.85. The minimum Gasteiger partial charge on any atom is -0.508 e. The summed E-state index contributed by atoms with van der Waals surface area (Å²) in [5.74, 6) is -1.69. The van der Waals surface area contributed by atoms with Crippen molar-refractivity contribution in [3.8, 4) is 5.75 Å². The van der Waals surface area contributed by atoms with Gasteiger partial charge in [0.2, 0.25) is 0 Å². The van der Waals surface area contributed by atoms with E-state index in [1.54, 1.807) is 18.2 Å². The maximum Gasteiger partial charge on any atom is 0.418 e. The van der Waals surface area contributed by atoms with E-state index < -0.39 is 35.7 Å². The third kappa shape index (κ3) is 6.68. The van der Waals surface area contributed by atoms with Crippen LogP contribution in [0.4, 0.5) is 18.9 Å². The smallest absolute Gasteiger partial charge is 0.418 e. The number of phenols is 1. The number of nitrogens with zero attached hydrogens (tertiary/aromatic N) is 1. The number of halogens is 3. The monoisotopic (exact) mass is 502 g/mol. The summed E-state index contributed by atoms with van der Waals surface area (Å²) in [6.45, 7) is 3.90. The van der Waals surface area contributed by atoms with Gasteiger partial charge in [-0.25, -0.2) is 0 Å². The minimum absolute atomic E-state index is 0.0650. The topological polar surface area (TPSA) is 91.6 Å². The number of carbonyl (C=O) groups excluding carboxylic acids is 1. The van der Waals surface area contributed by atoms with Gasteiger partial charge >= 0.3 is 12.1 Å². The van der Waals surface area contributed by atoms with E-state index in [0.717, 1.165) is 42.3 Å². The molecule has 2 aromatic carbocycles. The number of rotatable bonds is 10. The van der Waals surface area contributed by atoms with Crippen molar-refractivity contribution in [2.24, 2.45) is 0 Å². The number of anilines is 1. The van der Waals surface area contributed by atoms with Crippen molar-refractivity contribution in [2.45, 2.75) is 58.2 Å². The highest BCUT2D eigenvalue weighted by atomic mass is 19.4. The first-order chi connectivity index (χ1) is 17.0. The molecule has 0 saturated carbocycles. The highest BCUT2D eigenvalue weighted by molar-refractivity contribution is 6.04. The van der Waals surface area contributed by atoms with Crippen LogP contribution in [0.3, 0.4) is 0 Å². The molecule has 0 bridgehead atoms. The van der Waals surface area contributed by atoms with Crippen molar-refractivity contribution in [3.63, 3.8) is 0 Å². The molecule has 1 aromatic heterocycles. The van der Waals surface area contributed by atoms with Crippen molar-refractivity contribution in [2.75, 3.05) is 5.32 Å². The zero-order valence-corrected chi connectivity index (χ0v) is 20.1. The van der Waals surface area contributed by atoms with Crippen LogP contribution in [-0.4, -0.2) is 26.7 Å². The Bertz CT molecular complexity index is 1220. The molecule has 0 saturated heterocycles. The summed E-state index contributed by atoms with van der Waals surface area (Å²) in [4.78, 5) is 24.2. The van der Waals surface area contributed by atoms with E-state index in [9.17, 15) is 27.9 Å². The van der Waals surface area contributed by atoms with Gasteiger partial charge in [-0.05, 0) is 80.1 Å². The summed E-state index contributed by atoms with van der Waals surface area (Å²) in [5, 5.41) is 20.8. The first kappa shape index (κ1) is 26.8. The van der Waals surface area contributed by atoms with E-state index >= 15 is 0 Å². The number of amides is 1. The van der Waals surface area contributed by atoms with Crippen molar-refractivity contribution in [3.05, 3.63) is 82.7 Å². The molecule has 36 heavy (non-hydrogen) atoms. The summed E-state index contributed by atoms with van der Waals surface area (Å²) in [6.07, 6.45) is -2.28. The van der Waals surface area contributed by atoms with Gasteiger partial charge in [-0.3, -0.25) is 9.59 Å². The third-order valence-electron chi connectivity index (χ3n) is 6.09. The highest BCUT2D eigenvalue weighted by Gasteiger charge is 2.34. The Morgan fingerprint density at radius 2 is 1.67 bits per heavy atom. The number of aliphatic carboxylic acids is 1. The SMILES string of the molecule is CC[C@H](C)n1c(CCCc2ccc(O)cc2)ccc1C(=O)Nc1cc(CC(=O)O)ccc1C(F)(F)F. The quantitative estimate of drug-likeness (QED) is 0.306. The van der Waals surface area contributed by atoms with Crippen LogP contribution >= 0.6 is 0 Å². The molecule has 192 valence electrons. The molecule has 3 aromatic rings. The van der Waals surface area contributed by atoms with Crippen LogP contribution in [0.1, 0.15) is 65.6 Å². The molecule has 0 fully saturated rings. The second-order valence-corrected chi connectivity index (χ2v) is 8.76. The number of nitrogens with one attached hydrogen (secondary N) is 1. The number of carbonyl (C=O) groups is 2. The second kappa shape index (κ2) is 11.3. The highest BCUT2D eigenvalue weighted by Crippen LogP contribution is 2.36. The molecular formula is C27H29F3N2O4. The van der Waals surface area contributed by atoms with Crippen molar-refractivity contribution < 1.29 is 33.0 Å². The Morgan fingerprint density at radius 3 is 2.28 bits per heavy atom. The number of aromatic nitrogens is 1. The van der Waals surface area contributed by atoms with E-state index in [4.69, 9.17) is 5.11 Å². The molecule has 0 spiro atoms. The van der Waals surface area contributed by atoms with Crippen molar-refractivity contribution in [1.29, 1.82) is 0 Å². The largest absolute Gasteiger partial charge is 0.508 e. The molecule has 1 atom stereocenters. The van der Waals surface area contributed by atoms with Gasteiger partial charge in [-0.2, -0.15) is 13.2 Å². The Hall–Kier alpha value is -3.75. The molecule has 0 unspecified atom stereocenters. The van der Waals surface area contributed by atoms with Gasteiger partial charge in [0.15, 0.2) is 0 Å². The van der Waals surface area contributed by atoms with E-state index in [1.165, 1.54) is 0 Å². The molecule has 0 aliphatic rings. The Kier molecular flexibility index (Phi) is 8.45. The van der Waals surface area contributed by atoms with Crippen LogP contribution in [0.25, 0.3) is 0 Å². The fraction of sp³-hybridized carbons (Fsp3) is 0.333. The Morgan fingerprint density at radius 1 is 1.00 bits per heavy atom. The normalized spacial score (nSPS) is 12.4. The number of hydrogen-bond donors (Lipinski definition) is 3. The number of benzene rings is 2. The fourth-order valence-electron chi connectivity index (χ4n) is 4.13. The number of aryl methyl sites for hydroxylation is 2. The second-order valence-electron chi connectivity index (χ2n) is 8.76. The molecule has 0 aliphatic carbocycles. The molecule has 9 heteroatoms. The molecule has 3 rings (SSSR count). The molecule has 1 heterocycles. The van der Waals surface area contributed by atoms with Crippen LogP contribution in [0, 0.1) is 0 Å². The summed E-state index contributed by atoms with van der Waals surface area (Å²) in [7, 11) is 0. The number of carboxylic acids is 1. The van der Waals surface area contributed by atoms with Crippen LogP contribution < -0.4 is 5.32 Å². The van der Waals surface area contributed by atoms with E-state index in [1.807, 2.05) is 36.6 Å². The van der Waals surface area contributed by atoms with Gasteiger partial charge in [-0.15, -0.1) is 0 Å². The van der Waals surface area contributed by atoms with Crippen LogP contribution in [0.2, 0.25) is 0 Å². The molecule has 0 radical (unpaired) electrons. The lowest BCUT2D eigenvalue weighted by molar-refractivity contribution is -0.137. The van der Waals surface area contributed by atoms with E-state index in [-0.39, 0.29) is 23.0 Å². The van der Waals surface area contributed by atoms with Crippen molar-refractivity contribution >= 4 is 17.6 Å². The van der Waals surface area contributed by atoms with Gasteiger partial charge < -0.3 is 20.1 Å². The maximum atomic E-state index is 13.6. The van der Waals surface area contributed by atoms with Gasteiger partial charge in [-0.1, -0.05) is 25.1 Å². The van der Waals surface area contributed by atoms with Crippen LogP contribution in [-0.2, 0) is 30.2 Å². The predicted octanol–water partition coefficient (Wildman–Crippen LogP) is 6.24. The van der Waals surface area contributed by atoms with Crippen LogP contribution in [0.5, 0.6) is 5.75 Å². The summed E-state index contributed by atoms with van der Waals surface area (Å²) >= 11 is 0. The first-order valence-electron chi connectivity index (χ1n) is 11.7. The summed E-state index contributed by atoms with van der Waals surface area (Å²) in [6, 6.07) is 13.2. The number of carboxylic acid groups (broad SMARTS) is 1. The molecule has 3 N–H and O–H groups in total. The van der Waals surface area contributed by atoms with Gasteiger partial charge in [0.1, 0.15) is 11.4 Å². The van der Waals surface area contributed by atoms with E-state index in [2.05, 4.69) is 5.32 Å². The zero-order valence-electron chi connectivity index (χ0n) is 20.1. The minimum atomic E-state index is -4.72. The standard InChI is InChI=1S/C27H29F3N2O4/c1-3-17(2)32-20(6-4-5-18-7-11-21(33)12-8-18)10-14-24(32)26(36)31-23-15-19(16-25(34)35)9-13-22(23)27(28,29)30/h7-15,17,33H,3-6,16H2,1-2H3,(H,31,36)(H,34,35)/t17-/m0/s1. The maximum absolute atomic E-state index is 13.6. The predicted molar refractivity (Wildman–Crippen MR) is 130 cm³/mol. The Labute approximate surface area is 207 Å². The first-order valence-corrected chi connectivity index (χ1v) is 11.7. The molecular weight excluding hydrogens is 473 g/mol. The van der Waals surface area contributed by atoms with E-state index in [0.29, 0.717) is 12.8 Å². The lowest BCUT2D eigenvalue weighted by atomic mass is 10.1. The number of alkyl halides is 3. The third-order valence-corrected chi connectivity index (χ3v) is 6.09. The number of phenolic OH excluding ortho intramolecular Hbond substituents is 1. The number of aromatic hydroxyl groups is 1. The number of hydrogen-bond acceptors (Lipinski definition) is 3. The van der Waals surface area contributed by atoms with Gasteiger partial charge in [0.25, 0.3) is 5.91 Å².